The molecule has 1 amide bonds. The molecule has 1 atom stereocenters. The van der Waals surface area contributed by atoms with Crippen LogP contribution in [-0.2, 0) is 29.9 Å². The van der Waals surface area contributed by atoms with Crippen molar-refractivity contribution in [2.45, 2.75) is 59.3 Å². The molecule has 1 aliphatic rings. The van der Waals surface area contributed by atoms with Gasteiger partial charge in [-0.1, -0.05) is 12.0 Å². The fourth-order valence-electron chi connectivity index (χ4n) is 5.53. The number of halogens is 1. The van der Waals surface area contributed by atoms with E-state index in [9.17, 15) is 4.79 Å². The number of fused-ring (bicyclic) bond motifs is 1. The summed E-state index contributed by atoms with van der Waals surface area (Å²) < 4.78 is 18.0. The molecule has 14 heteroatoms. The van der Waals surface area contributed by atoms with E-state index >= 15 is 0 Å². The third kappa shape index (κ3) is 6.65. The van der Waals surface area contributed by atoms with Crippen LogP contribution in [0.15, 0.2) is 30.4 Å². The van der Waals surface area contributed by atoms with E-state index in [1.54, 1.807) is 9.58 Å². The van der Waals surface area contributed by atoms with Gasteiger partial charge in [-0.2, -0.15) is 15.3 Å². The highest BCUT2D eigenvalue weighted by Crippen LogP contribution is 2.38. The number of likely N-dealkylation sites (N-methyl/N-ethyl adjacent to an activating group) is 2. The third-order valence-electron chi connectivity index (χ3n) is 9.15. The zero-order valence-electron chi connectivity index (χ0n) is 27.8. The highest BCUT2D eigenvalue weighted by Gasteiger charge is 2.50. The number of aryl methyl sites for hydroxylation is 3. The summed E-state index contributed by atoms with van der Waals surface area (Å²) in [4.78, 5) is 17.2. The Labute approximate surface area is 280 Å². The molecule has 1 aromatic carbocycles. The number of carbonyl (C=O) groups is 1. The molecule has 1 aliphatic heterocycles. The summed E-state index contributed by atoms with van der Waals surface area (Å²) in [5.41, 5.74) is 6.85. The number of benzene rings is 1. The maximum atomic E-state index is 13.2. The monoisotopic (exact) mass is 744 g/mol. The average Bonchev–Trinajstić information content (AvgIpc) is 3.65. The molecule has 1 fully saturated rings. The van der Waals surface area contributed by atoms with Gasteiger partial charge in [0.15, 0.2) is 0 Å². The Morgan fingerprint density at radius 3 is 2.38 bits per heavy atom. The Hall–Kier alpha value is -2.58. The van der Waals surface area contributed by atoms with Gasteiger partial charge in [-0.25, -0.2) is 4.45 Å². The van der Waals surface area contributed by atoms with Crippen molar-refractivity contribution in [3.05, 3.63) is 58.7 Å². The first kappa shape index (κ1) is 33.8. The number of hydrogen-bond donors (Lipinski definition) is 0. The van der Waals surface area contributed by atoms with Crippen LogP contribution >= 0.6 is 28.4 Å². The van der Waals surface area contributed by atoms with Crippen molar-refractivity contribution in [3.63, 3.8) is 0 Å². The van der Waals surface area contributed by atoms with Gasteiger partial charge in [-0.15, -0.1) is 0 Å². The summed E-state index contributed by atoms with van der Waals surface area (Å²) >= 11 is 2.36. The van der Waals surface area contributed by atoms with E-state index in [0.29, 0.717) is 31.7 Å². The predicted octanol–water partition coefficient (Wildman–Crippen LogP) is 5.43. The van der Waals surface area contributed by atoms with Crippen molar-refractivity contribution < 1.29 is 14.1 Å². The lowest BCUT2D eigenvalue weighted by atomic mass is 9.89. The summed E-state index contributed by atoms with van der Waals surface area (Å²) in [6.45, 7) is 14.1. The Bertz CT molecular complexity index is 1740. The molecule has 1 saturated heterocycles. The van der Waals surface area contributed by atoms with Gasteiger partial charge in [0.2, 0.25) is 0 Å². The van der Waals surface area contributed by atoms with Crippen LogP contribution in [0.5, 0.6) is 0 Å². The number of aromatic nitrogens is 6. The van der Waals surface area contributed by atoms with Crippen LogP contribution in [0.1, 0.15) is 60.8 Å². The average molecular weight is 744 g/mol. The molecule has 0 aliphatic carbocycles. The first-order valence-corrected chi connectivity index (χ1v) is 19.1. The van der Waals surface area contributed by atoms with Crippen molar-refractivity contribution in [1.82, 2.24) is 38.9 Å². The second-order valence-corrected chi connectivity index (χ2v) is 14.9. The molecule has 0 N–H and O–H groups in total. The van der Waals surface area contributed by atoms with Crippen molar-refractivity contribution in [1.29, 1.82) is 0 Å². The van der Waals surface area contributed by atoms with Crippen LogP contribution in [0.2, 0.25) is 0 Å². The highest BCUT2D eigenvalue weighted by molar-refractivity contribution is 14.2. The van der Waals surface area contributed by atoms with Crippen LogP contribution in [0.3, 0.4) is 0 Å². The smallest absolute Gasteiger partial charge is 0.400 e. The maximum absolute atomic E-state index is 13.2. The van der Waals surface area contributed by atoms with Crippen molar-refractivity contribution in [2.24, 2.45) is 14.1 Å². The van der Waals surface area contributed by atoms with E-state index in [2.05, 4.69) is 90.1 Å². The van der Waals surface area contributed by atoms with Crippen LogP contribution in [0, 0.1) is 13.8 Å². The zero-order chi connectivity index (χ0) is 32.8. The molecule has 4 aromatic rings. The van der Waals surface area contributed by atoms with Gasteiger partial charge < -0.3 is 14.2 Å². The summed E-state index contributed by atoms with van der Waals surface area (Å²) in [6, 6.07) is 6.48. The van der Waals surface area contributed by atoms with Crippen LogP contribution < -0.4 is 0 Å². The molecule has 0 bridgehead atoms. The zero-order valence-corrected chi connectivity index (χ0v) is 31.0. The quantitative estimate of drug-likeness (QED) is 0.122. The molecule has 5 rings (SSSR count). The molecule has 1 unspecified atom stereocenters. The largest absolute Gasteiger partial charge is 0.487 e. The van der Waals surface area contributed by atoms with Gasteiger partial charge >= 0.3 is 7.12 Å². The molecule has 3 aromatic heterocycles. The molecular formula is C31H43BIN8O3P. The molecule has 4 heterocycles. The number of rotatable bonds is 10. The predicted molar refractivity (Wildman–Crippen MR) is 191 cm³/mol. The number of nitrogens with zero attached hydrogens (tertiary/aromatic N) is 8. The van der Waals surface area contributed by atoms with Gasteiger partial charge in [0.05, 0.1) is 46.4 Å². The Morgan fingerprint density at radius 2 is 1.76 bits per heavy atom. The fourth-order valence-corrected chi connectivity index (χ4v) is 7.06. The summed E-state index contributed by atoms with van der Waals surface area (Å²) in [5.74, 6) is 1.93. The minimum atomic E-state index is -0.437. The molecule has 0 saturated carbocycles. The fraction of sp³-hybridized carbons (Fsp3) is 0.484. The first-order chi connectivity index (χ1) is 21.1. The molecule has 240 valence electrons. The van der Waals surface area contributed by atoms with Crippen LogP contribution in [-0.4, -0.2) is 90.3 Å². The summed E-state index contributed by atoms with van der Waals surface area (Å²) in [7, 11) is 7.27. The Kier molecular flexibility index (Phi) is 9.69. The van der Waals surface area contributed by atoms with Crippen molar-refractivity contribution in [2.75, 3.05) is 27.2 Å². The summed E-state index contributed by atoms with van der Waals surface area (Å²) in [6.07, 6.45) is 4.40. The van der Waals surface area contributed by atoms with Crippen LogP contribution in [0.4, 0.5) is 0 Å². The molecular weight excluding hydrogens is 701 g/mol. The lowest BCUT2D eigenvalue weighted by Crippen LogP contribution is -2.41. The molecule has 0 radical (unpaired) electrons. The Balaban J connectivity index is 1.34. The third-order valence-corrected chi connectivity index (χ3v) is 11.0. The highest BCUT2D eigenvalue weighted by atomic mass is 127. The maximum Gasteiger partial charge on any atom is 0.487 e. The number of carbonyl (C=O) groups excluding carboxylic acids is 1. The molecule has 0 spiro atoms. The van der Waals surface area contributed by atoms with Gasteiger partial charge in [-0.3, -0.25) is 19.1 Å². The minimum Gasteiger partial charge on any atom is -0.400 e. The SMILES string of the molecule is Cc1nn(C)c(C(=O)N(C)CCN(C)Cc2c(-c3ccc4c(c3)c(/C=C/B3OC(C)(C)C(C)(C)O3)nn4PI)cnn2C)c1C. The topological polar surface area (TPSA) is 95.5 Å². The van der Waals surface area contributed by atoms with Gasteiger partial charge in [0, 0.05) is 57.3 Å². The normalized spacial score (nSPS) is 16.4. The van der Waals surface area contributed by atoms with E-state index < -0.39 is 18.3 Å². The molecule has 11 nitrogen and oxygen atoms in total. The standard InChI is InChI=1S/C31H43BIN8O3P/c1-20-21(2)35-40(10)28(20)29(42)38(8)16-15-37(7)19-27-24(18-34-39(27)9)22-11-12-26-23(17-22)25(36-41(26)45-33)13-14-32-43-30(3,4)31(5,6)44-32/h11-14,17-18,45H,15-16,19H2,1-10H3/b14-13+. The van der Waals surface area contributed by atoms with E-state index in [1.165, 1.54) is 0 Å². The minimum absolute atomic E-state index is 0.0190. The van der Waals surface area contributed by atoms with Crippen molar-refractivity contribution in [3.8, 4) is 11.1 Å². The van der Waals surface area contributed by atoms with E-state index in [0.717, 1.165) is 44.7 Å². The second kappa shape index (κ2) is 12.9. The lowest BCUT2D eigenvalue weighted by molar-refractivity contribution is 0.00578. The van der Waals surface area contributed by atoms with E-state index in [-0.39, 0.29) is 5.91 Å². The Morgan fingerprint density at radius 1 is 1.07 bits per heavy atom. The lowest BCUT2D eigenvalue weighted by Gasteiger charge is -2.32. The first-order valence-electron chi connectivity index (χ1n) is 15.0. The van der Waals surface area contributed by atoms with Crippen LogP contribution in [0.25, 0.3) is 28.1 Å². The van der Waals surface area contributed by atoms with E-state index in [1.807, 2.05) is 62.4 Å². The van der Waals surface area contributed by atoms with Gasteiger partial charge in [-0.05, 0) is 94.4 Å². The van der Waals surface area contributed by atoms with Gasteiger partial charge in [0.1, 0.15) is 5.69 Å². The number of amides is 1. The summed E-state index contributed by atoms with van der Waals surface area (Å²) in [5, 5.41) is 15.0. The van der Waals surface area contributed by atoms with Gasteiger partial charge in [0.25, 0.3) is 5.91 Å². The van der Waals surface area contributed by atoms with Crippen molar-refractivity contribution >= 4 is 58.4 Å². The second-order valence-electron chi connectivity index (χ2n) is 12.9. The number of hydrogen-bond acceptors (Lipinski definition) is 7. The van der Waals surface area contributed by atoms with E-state index in [4.69, 9.17) is 14.4 Å². The molecule has 45 heavy (non-hydrogen) atoms.